The Balaban J connectivity index is 2.58. The Bertz CT molecular complexity index is 295. The van der Waals surface area contributed by atoms with Crippen molar-refractivity contribution in [1.29, 1.82) is 0 Å². The van der Waals surface area contributed by atoms with Gasteiger partial charge in [-0.1, -0.05) is 6.07 Å². The third-order valence-electron chi connectivity index (χ3n) is 1.28. The molecule has 0 heterocycles. The van der Waals surface area contributed by atoms with Crippen molar-refractivity contribution in [2.45, 2.75) is 6.92 Å². The van der Waals surface area contributed by atoms with E-state index in [0.717, 1.165) is 0 Å². The molecular weight excluding hydrogens is 172 g/mol. The summed E-state index contributed by atoms with van der Waals surface area (Å²) in [5.41, 5.74) is 0. The minimum atomic E-state index is -0.770. The molecule has 0 bridgehead atoms. The lowest BCUT2D eigenvalue weighted by atomic mass is 10.3. The fourth-order valence-electron chi connectivity index (χ4n) is 0.791. The quantitative estimate of drug-likeness (QED) is 0.560. The molecule has 0 spiro atoms. The van der Waals surface area contributed by atoms with E-state index in [1.54, 1.807) is 19.1 Å². The first kappa shape index (κ1) is 9.38. The Labute approximate surface area is 75.7 Å². The van der Waals surface area contributed by atoms with Crippen LogP contribution in [0.4, 0.5) is 4.79 Å². The average molecular weight is 182 g/mol. The maximum Gasteiger partial charge on any atom is 0.513 e. The third-order valence-corrected chi connectivity index (χ3v) is 1.28. The molecule has 0 aliphatic heterocycles. The topological polar surface area (TPSA) is 55.8 Å². The van der Waals surface area contributed by atoms with E-state index in [-0.39, 0.29) is 18.1 Å². The SMILES string of the molecule is CCOC(=O)Oc1cccc(O)c1. The highest BCUT2D eigenvalue weighted by molar-refractivity contribution is 5.63. The Morgan fingerprint density at radius 2 is 2.31 bits per heavy atom. The van der Waals surface area contributed by atoms with E-state index in [0.29, 0.717) is 0 Å². The number of carbonyl (C=O) groups excluding carboxylic acids is 1. The van der Waals surface area contributed by atoms with Gasteiger partial charge in [0.15, 0.2) is 0 Å². The molecule has 4 heteroatoms. The van der Waals surface area contributed by atoms with Gasteiger partial charge in [-0.25, -0.2) is 4.79 Å². The fourth-order valence-corrected chi connectivity index (χ4v) is 0.791. The molecule has 0 saturated carbocycles. The maximum atomic E-state index is 10.8. The van der Waals surface area contributed by atoms with Crippen LogP contribution in [-0.2, 0) is 4.74 Å². The van der Waals surface area contributed by atoms with Gasteiger partial charge in [0.2, 0.25) is 0 Å². The first-order valence-electron chi connectivity index (χ1n) is 3.86. The lowest BCUT2D eigenvalue weighted by Gasteiger charge is -2.03. The van der Waals surface area contributed by atoms with Crippen molar-refractivity contribution in [3.8, 4) is 11.5 Å². The highest BCUT2D eigenvalue weighted by Crippen LogP contribution is 2.17. The van der Waals surface area contributed by atoms with Gasteiger partial charge in [-0.2, -0.15) is 0 Å². The number of ether oxygens (including phenoxy) is 2. The van der Waals surface area contributed by atoms with Gasteiger partial charge in [0, 0.05) is 6.07 Å². The van der Waals surface area contributed by atoms with Crippen LogP contribution in [0.25, 0.3) is 0 Å². The molecule has 1 aromatic carbocycles. The van der Waals surface area contributed by atoms with E-state index >= 15 is 0 Å². The normalized spacial score (nSPS) is 9.31. The number of phenolic OH excluding ortho intramolecular Hbond substituents is 1. The zero-order chi connectivity index (χ0) is 9.68. The van der Waals surface area contributed by atoms with Crippen molar-refractivity contribution in [2.24, 2.45) is 0 Å². The minimum absolute atomic E-state index is 0.0433. The van der Waals surface area contributed by atoms with E-state index in [1.165, 1.54) is 12.1 Å². The van der Waals surface area contributed by atoms with E-state index in [4.69, 9.17) is 9.84 Å². The third kappa shape index (κ3) is 3.02. The second-order valence-corrected chi connectivity index (χ2v) is 2.28. The molecule has 0 amide bonds. The number of hydrogen-bond acceptors (Lipinski definition) is 4. The van der Waals surface area contributed by atoms with E-state index in [1.807, 2.05) is 0 Å². The van der Waals surface area contributed by atoms with E-state index in [2.05, 4.69) is 4.74 Å². The predicted molar refractivity (Wildman–Crippen MR) is 45.8 cm³/mol. The van der Waals surface area contributed by atoms with E-state index < -0.39 is 6.16 Å². The maximum absolute atomic E-state index is 10.8. The Hall–Kier alpha value is -1.71. The van der Waals surface area contributed by atoms with Crippen molar-refractivity contribution < 1.29 is 19.4 Å². The molecule has 0 fully saturated rings. The lowest BCUT2D eigenvalue weighted by molar-refractivity contribution is 0.104. The van der Waals surface area contributed by atoms with Gasteiger partial charge in [0.05, 0.1) is 6.61 Å². The number of hydrogen-bond donors (Lipinski definition) is 1. The minimum Gasteiger partial charge on any atom is -0.508 e. The number of carbonyl (C=O) groups is 1. The van der Waals surface area contributed by atoms with Crippen LogP contribution in [0, 0.1) is 0 Å². The van der Waals surface area contributed by atoms with Crippen molar-refractivity contribution in [3.05, 3.63) is 24.3 Å². The summed E-state index contributed by atoms with van der Waals surface area (Å²) in [6, 6.07) is 5.94. The number of benzene rings is 1. The molecule has 1 aromatic rings. The van der Waals surface area contributed by atoms with Crippen LogP contribution < -0.4 is 4.74 Å². The van der Waals surface area contributed by atoms with Crippen molar-refractivity contribution in [1.82, 2.24) is 0 Å². The van der Waals surface area contributed by atoms with Crippen LogP contribution in [0.2, 0.25) is 0 Å². The summed E-state index contributed by atoms with van der Waals surface area (Å²) < 4.78 is 9.26. The predicted octanol–water partition coefficient (Wildman–Crippen LogP) is 1.93. The molecule has 0 aliphatic rings. The summed E-state index contributed by atoms with van der Waals surface area (Å²) in [7, 11) is 0. The Morgan fingerprint density at radius 3 is 2.92 bits per heavy atom. The van der Waals surface area contributed by atoms with Crippen LogP contribution in [0.5, 0.6) is 11.5 Å². The molecule has 0 aliphatic carbocycles. The molecule has 4 nitrogen and oxygen atoms in total. The molecule has 13 heavy (non-hydrogen) atoms. The zero-order valence-electron chi connectivity index (χ0n) is 7.19. The fraction of sp³-hybridized carbons (Fsp3) is 0.222. The van der Waals surface area contributed by atoms with Crippen molar-refractivity contribution >= 4 is 6.16 Å². The van der Waals surface area contributed by atoms with Gasteiger partial charge >= 0.3 is 6.16 Å². The van der Waals surface area contributed by atoms with Crippen LogP contribution in [0.15, 0.2) is 24.3 Å². The molecule has 0 aromatic heterocycles. The lowest BCUT2D eigenvalue weighted by Crippen LogP contribution is -2.09. The monoisotopic (exact) mass is 182 g/mol. The zero-order valence-corrected chi connectivity index (χ0v) is 7.19. The van der Waals surface area contributed by atoms with Gasteiger partial charge in [-0.15, -0.1) is 0 Å². The van der Waals surface area contributed by atoms with Crippen LogP contribution >= 0.6 is 0 Å². The summed E-state index contributed by atoms with van der Waals surface area (Å²) in [6.45, 7) is 1.95. The average Bonchev–Trinajstić information content (AvgIpc) is 2.04. The Morgan fingerprint density at radius 1 is 1.54 bits per heavy atom. The van der Waals surface area contributed by atoms with Crippen LogP contribution in [-0.4, -0.2) is 17.9 Å². The first-order valence-corrected chi connectivity index (χ1v) is 3.86. The summed E-state index contributed by atoms with van der Waals surface area (Å²) in [5.74, 6) is 0.306. The molecular formula is C9H10O4. The van der Waals surface area contributed by atoms with Gasteiger partial charge < -0.3 is 14.6 Å². The van der Waals surface area contributed by atoms with Crippen LogP contribution in [0.1, 0.15) is 6.92 Å². The molecule has 1 rings (SSSR count). The van der Waals surface area contributed by atoms with Crippen molar-refractivity contribution in [2.75, 3.05) is 6.61 Å². The smallest absolute Gasteiger partial charge is 0.508 e. The number of rotatable bonds is 2. The molecule has 1 N–H and O–H groups in total. The summed E-state index contributed by atoms with van der Waals surface area (Å²) in [6.07, 6.45) is -0.770. The summed E-state index contributed by atoms with van der Waals surface area (Å²) in [4.78, 5) is 10.8. The van der Waals surface area contributed by atoms with Gasteiger partial charge in [0.1, 0.15) is 11.5 Å². The molecule has 0 atom stereocenters. The van der Waals surface area contributed by atoms with Crippen LogP contribution in [0.3, 0.4) is 0 Å². The highest BCUT2D eigenvalue weighted by atomic mass is 16.7. The second-order valence-electron chi connectivity index (χ2n) is 2.28. The summed E-state index contributed by atoms with van der Waals surface area (Å²) >= 11 is 0. The van der Waals surface area contributed by atoms with E-state index in [9.17, 15) is 4.79 Å². The summed E-state index contributed by atoms with van der Waals surface area (Å²) in [5, 5.41) is 9.02. The van der Waals surface area contributed by atoms with Gasteiger partial charge in [-0.05, 0) is 19.1 Å². The second kappa shape index (κ2) is 4.35. The van der Waals surface area contributed by atoms with Gasteiger partial charge in [0.25, 0.3) is 0 Å². The molecule has 0 saturated heterocycles. The highest BCUT2D eigenvalue weighted by Gasteiger charge is 2.04. The first-order chi connectivity index (χ1) is 6.22. The standard InChI is InChI=1S/C9H10O4/c1-2-12-9(11)13-8-5-3-4-7(10)6-8/h3-6,10H,2H2,1H3. The molecule has 70 valence electrons. The largest absolute Gasteiger partial charge is 0.513 e. The number of phenols is 1. The molecule has 0 radical (unpaired) electrons. The van der Waals surface area contributed by atoms with Crippen molar-refractivity contribution in [3.63, 3.8) is 0 Å². The van der Waals surface area contributed by atoms with Gasteiger partial charge in [-0.3, -0.25) is 0 Å². The number of aromatic hydroxyl groups is 1. The Kier molecular flexibility index (Phi) is 3.14. The molecule has 0 unspecified atom stereocenters.